The molecule has 2 heterocycles. The highest BCUT2D eigenvalue weighted by Gasteiger charge is 2.36. The van der Waals surface area contributed by atoms with Gasteiger partial charge in [-0.15, -0.1) is 0 Å². The molecule has 2 aliphatic rings. The van der Waals surface area contributed by atoms with Gasteiger partial charge in [-0.25, -0.2) is 0 Å². The second-order valence-corrected chi connectivity index (χ2v) is 10.8. The Morgan fingerprint density at radius 1 is 0.780 bits per heavy atom. The first-order chi connectivity index (χ1) is 20.1. The van der Waals surface area contributed by atoms with Crippen LogP contribution in [0.4, 0.5) is 11.4 Å². The second-order valence-electron chi connectivity index (χ2n) is 10.8. The molecule has 6 nitrogen and oxygen atoms in total. The predicted octanol–water partition coefficient (Wildman–Crippen LogP) is 7.81. The maximum absolute atomic E-state index is 14.1. The van der Waals surface area contributed by atoms with E-state index in [9.17, 15) is 4.79 Å². The lowest BCUT2D eigenvalue weighted by Crippen LogP contribution is -2.26. The second kappa shape index (κ2) is 10.0. The molecule has 6 heteroatoms. The number of carbonyl (C=O) groups is 1. The van der Waals surface area contributed by atoms with E-state index in [4.69, 9.17) is 9.47 Å². The molecular formula is C35H33N3O3. The summed E-state index contributed by atoms with van der Waals surface area (Å²) in [7, 11) is 3.28. The summed E-state index contributed by atoms with van der Waals surface area (Å²) >= 11 is 0. The van der Waals surface area contributed by atoms with Gasteiger partial charge in [0.25, 0.3) is 0 Å². The molecule has 1 aliphatic heterocycles. The lowest BCUT2D eigenvalue weighted by atomic mass is 9.78. The molecule has 1 aliphatic carbocycles. The van der Waals surface area contributed by atoms with Crippen molar-refractivity contribution in [2.45, 2.75) is 38.3 Å². The van der Waals surface area contributed by atoms with Crippen LogP contribution in [0.5, 0.6) is 11.5 Å². The summed E-state index contributed by atoms with van der Waals surface area (Å²) in [4.78, 5) is 14.1. The zero-order chi connectivity index (χ0) is 28.1. The number of aromatic nitrogens is 1. The maximum atomic E-state index is 14.1. The number of hydrogen-bond acceptors (Lipinski definition) is 5. The fourth-order valence-electron chi connectivity index (χ4n) is 6.68. The standard InChI is InChI=1S/C35H33N3O3/c1-4-38-29-12-8-5-9-24(29)25-17-22(13-15-30(25)38)35-34-28(36-26-10-6-7-11-27(26)37-35)18-23(19-31(34)39)21-14-16-32(40-2)33(20-21)41-3/h5-17,20,23,35-37H,4,18-19H2,1-3H3/t23-,35+/m0/s1. The molecule has 0 saturated carbocycles. The average molecular weight is 544 g/mol. The Hall–Kier alpha value is -4.71. The van der Waals surface area contributed by atoms with Crippen molar-refractivity contribution < 1.29 is 14.3 Å². The molecule has 4 aromatic carbocycles. The molecule has 0 saturated heterocycles. The third kappa shape index (κ3) is 4.13. The van der Waals surface area contributed by atoms with Crippen molar-refractivity contribution in [3.63, 3.8) is 0 Å². The van der Waals surface area contributed by atoms with E-state index in [-0.39, 0.29) is 17.7 Å². The lowest BCUT2D eigenvalue weighted by Gasteiger charge is -2.30. The molecular weight excluding hydrogens is 510 g/mol. The summed E-state index contributed by atoms with van der Waals surface area (Å²) in [6.45, 7) is 3.08. The van der Waals surface area contributed by atoms with Crippen LogP contribution in [0.15, 0.2) is 96.2 Å². The number of ether oxygens (including phenoxy) is 2. The third-order valence-electron chi connectivity index (χ3n) is 8.63. The molecule has 0 amide bonds. The molecule has 41 heavy (non-hydrogen) atoms. The molecule has 0 unspecified atom stereocenters. The minimum atomic E-state index is -0.270. The van der Waals surface area contributed by atoms with Crippen molar-refractivity contribution in [1.29, 1.82) is 0 Å². The number of benzene rings is 4. The van der Waals surface area contributed by atoms with Gasteiger partial charge in [0, 0.05) is 46.0 Å². The van der Waals surface area contributed by atoms with Gasteiger partial charge in [-0.1, -0.05) is 42.5 Å². The Bertz CT molecular complexity index is 1850. The molecule has 2 N–H and O–H groups in total. The quantitative estimate of drug-likeness (QED) is 0.237. The predicted molar refractivity (Wildman–Crippen MR) is 165 cm³/mol. The molecule has 2 atom stereocenters. The summed E-state index contributed by atoms with van der Waals surface area (Å²) < 4.78 is 13.4. The van der Waals surface area contributed by atoms with Crippen molar-refractivity contribution in [2.75, 3.05) is 24.9 Å². The Morgan fingerprint density at radius 2 is 1.51 bits per heavy atom. The number of aryl methyl sites for hydroxylation is 1. The van der Waals surface area contributed by atoms with E-state index in [2.05, 4.69) is 76.7 Å². The highest BCUT2D eigenvalue weighted by Crippen LogP contribution is 2.46. The number of anilines is 2. The number of nitrogens with zero attached hydrogens (tertiary/aromatic N) is 1. The topological polar surface area (TPSA) is 64.5 Å². The Morgan fingerprint density at radius 3 is 2.32 bits per heavy atom. The monoisotopic (exact) mass is 543 g/mol. The summed E-state index contributed by atoms with van der Waals surface area (Å²) in [5.74, 6) is 1.55. The van der Waals surface area contributed by atoms with Crippen molar-refractivity contribution >= 4 is 39.0 Å². The zero-order valence-corrected chi connectivity index (χ0v) is 23.5. The van der Waals surface area contributed by atoms with Crippen LogP contribution >= 0.6 is 0 Å². The summed E-state index contributed by atoms with van der Waals surface area (Å²) in [5.41, 5.74) is 8.35. The minimum Gasteiger partial charge on any atom is -0.493 e. The van der Waals surface area contributed by atoms with E-state index in [1.54, 1.807) is 14.2 Å². The molecule has 1 aromatic heterocycles. The first kappa shape index (κ1) is 25.3. The molecule has 7 rings (SSSR count). The van der Waals surface area contributed by atoms with E-state index >= 15 is 0 Å². The van der Waals surface area contributed by atoms with Crippen LogP contribution in [-0.4, -0.2) is 24.6 Å². The van der Waals surface area contributed by atoms with Gasteiger partial charge in [-0.3, -0.25) is 4.79 Å². The lowest BCUT2D eigenvalue weighted by molar-refractivity contribution is -0.116. The van der Waals surface area contributed by atoms with Crippen molar-refractivity contribution in [3.05, 3.63) is 107 Å². The highest BCUT2D eigenvalue weighted by molar-refractivity contribution is 6.08. The average Bonchev–Trinajstić information content (AvgIpc) is 3.22. The van der Waals surface area contributed by atoms with Crippen LogP contribution < -0.4 is 20.1 Å². The largest absolute Gasteiger partial charge is 0.493 e. The van der Waals surface area contributed by atoms with Gasteiger partial charge in [0.05, 0.1) is 31.6 Å². The molecule has 206 valence electrons. The van der Waals surface area contributed by atoms with Gasteiger partial charge < -0.3 is 24.7 Å². The summed E-state index contributed by atoms with van der Waals surface area (Å²) in [6.07, 6.45) is 1.16. The molecule has 0 spiro atoms. The Labute approximate surface area is 239 Å². The molecule has 0 bridgehead atoms. The number of ketones is 1. The smallest absolute Gasteiger partial charge is 0.163 e. The Balaban J connectivity index is 1.36. The van der Waals surface area contributed by atoms with Crippen LogP contribution in [0.3, 0.4) is 0 Å². The van der Waals surface area contributed by atoms with Gasteiger partial charge in [-0.05, 0) is 72.9 Å². The van der Waals surface area contributed by atoms with Crippen molar-refractivity contribution in [1.82, 2.24) is 4.57 Å². The maximum Gasteiger partial charge on any atom is 0.163 e. The van der Waals surface area contributed by atoms with Crippen molar-refractivity contribution in [2.24, 2.45) is 0 Å². The van der Waals surface area contributed by atoms with Crippen LogP contribution in [0.25, 0.3) is 21.8 Å². The van der Waals surface area contributed by atoms with E-state index in [0.717, 1.165) is 46.7 Å². The van der Waals surface area contributed by atoms with Gasteiger partial charge >= 0.3 is 0 Å². The van der Waals surface area contributed by atoms with Gasteiger partial charge in [-0.2, -0.15) is 0 Å². The van der Waals surface area contributed by atoms with Crippen LogP contribution in [0.2, 0.25) is 0 Å². The van der Waals surface area contributed by atoms with Crippen LogP contribution in [0.1, 0.15) is 42.9 Å². The Kier molecular flexibility index (Phi) is 6.19. The number of para-hydroxylation sites is 3. The van der Waals surface area contributed by atoms with Crippen LogP contribution in [-0.2, 0) is 11.3 Å². The molecule has 0 fully saturated rings. The number of methoxy groups -OCH3 is 2. The number of carbonyl (C=O) groups excluding carboxylic acids is 1. The number of rotatable bonds is 5. The number of nitrogens with one attached hydrogen (secondary N) is 2. The van der Waals surface area contributed by atoms with Crippen molar-refractivity contribution in [3.8, 4) is 11.5 Å². The first-order valence-electron chi connectivity index (χ1n) is 14.2. The number of allylic oxidation sites excluding steroid dienone is 1. The highest BCUT2D eigenvalue weighted by atomic mass is 16.5. The third-order valence-corrected chi connectivity index (χ3v) is 8.63. The van der Waals surface area contributed by atoms with Crippen LogP contribution in [0, 0.1) is 0 Å². The summed E-state index contributed by atoms with van der Waals surface area (Å²) in [5, 5.41) is 9.84. The summed E-state index contributed by atoms with van der Waals surface area (Å²) in [6, 6.07) is 29.1. The van der Waals surface area contributed by atoms with E-state index in [1.165, 1.54) is 21.8 Å². The van der Waals surface area contributed by atoms with E-state index in [1.807, 2.05) is 30.3 Å². The number of Topliss-reactive ketones (excluding diaryl/α,β-unsaturated/α-hetero) is 1. The first-order valence-corrected chi connectivity index (χ1v) is 14.2. The van der Waals surface area contributed by atoms with E-state index < -0.39 is 0 Å². The normalized spacial score (nSPS) is 18.4. The SMILES string of the molecule is CCn1c2ccccc2c2cc([C@H]3Nc4ccccc4NC4=C3C(=O)C[C@@H](c3ccc(OC)c(OC)c3)C4)ccc21. The van der Waals surface area contributed by atoms with Gasteiger partial charge in [0.2, 0.25) is 0 Å². The van der Waals surface area contributed by atoms with Gasteiger partial charge in [0.1, 0.15) is 0 Å². The molecule has 5 aromatic rings. The molecule has 0 radical (unpaired) electrons. The zero-order valence-electron chi connectivity index (χ0n) is 23.5. The van der Waals surface area contributed by atoms with Gasteiger partial charge in [0.15, 0.2) is 17.3 Å². The number of fused-ring (bicyclic) bond motifs is 4. The number of hydrogen-bond donors (Lipinski definition) is 2. The van der Waals surface area contributed by atoms with E-state index in [0.29, 0.717) is 17.9 Å². The fraction of sp³-hybridized carbons (Fsp3) is 0.229. The minimum absolute atomic E-state index is 0.0319. The fourth-order valence-corrected chi connectivity index (χ4v) is 6.68.